The normalized spacial score (nSPS) is 12.9. The van der Waals surface area contributed by atoms with Gasteiger partial charge in [-0.2, -0.15) is 0 Å². The topological polar surface area (TPSA) is 78.9 Å². The van der Waals surface area contributed by atoms with E-state index in [0.717, 1.165) is 75.5 Å². The summed E-state index contributed by atoms with van der Waals surface area (Å²) >= 11 is 0. The van der Waals surface area contributed by atoms with Crippen LogP contribution in [-0.4, -0.2) is 37.2 Å². The Bertz CT molecular complexity index is 1040. The average molecular weight is 948 g/mol. The summed E-state index contributed by atoms with van der Waals surface area (Å²) in [6.45, 7) is 13.8. The fraction of sp³-hybridized carbons (Fsp3) is 0.951. The highest BCUT2D eigenvalue weighted by Gasteiger charge is 2.19. The van der Waals surface area contributed by atoms with E-state index < -0.39 is 6.10 Å². The Morgan fingerprint density at radius 1 is 0.299 bits per heavy atom. The molecule has 0 aliphatic heterocycles. The maximum absolute atomic E-state index is 12.9. The van der Waals surface area contributed by atoms with Crippen molar-refractivity contribution >= 4 is 17.9 Å². The number of hydrogen-bond acceptors (Lipinski definition) is 6. The Kier molecular flexibility index (Phi) is 51.0. The van der Waals surface area contributed by atoms with Gasteiger partial charge in [-0.05, 0) is 37.0 Å². The number of rotatable bonds is 54. The van der Waals surface area contributed by atoms with Gasteiger partial charge in [-0.3, -0.25) is 14.4 Å². The summed E-state index contributed by atoms with van der Waals surface area (Å²) in [5.74, 6) is 1.77. The van der Waals surface area contributed by atoms with E-state index in [0.29, 0.717) is 19.3 Å². The molecule has 0 aromatic rings. The van der Waals surface area contributed by atoms with Gasteiger partial charge >= 0.3 is 17.9 Å². The lowest BCUT2D eigenvalue weighted by Crippen LogP contribution is -2.30. The van der Waals surface area contributed by atoms with Gasteiger partial charge in [0, 0.05) is 19.3 Å². The van der Waals surface area contributed by atoms with Gasteiger partial charge in [0.25, 0.3) is 0 Å². The van der Waals surface area contributed by atoms with Crippen LogP contribution in [0.1, 0.15) is 337 Å². The molecular formula is C61H118O6. The van der Waals surface area contributed by atoms with Crippen LogP contribution in [0.5, 0.6) is 0 Å². The van der Waals surface area contributed by atoms with Crippen LogP contribution < -0.4 is 0 Å². The first-order valence-electron chi connectivity index (χ1n) is 30.2. The Hall–Kier alpha value is -1.59. The Labute approximate surface area is 418 Å². The first-order chi connectivity index (χ1) is 32.7. The standard InChI is InChI=1S/C61H118O6/c1-7-56(5)48-42-36-30-24-18-14-10-12-16-20-28-34-40-46-52-61(64)67-58(54-66-60(63)51-45-39-33-27-22-21-25-31-37-43-49-57(6)8-2)53-65-59(62)50-44-38-32-26-19-15-11-9-13-17-23-29-35-41-47-55(3)4/h55-58H,7-54H2,1-6H3/t56?,57?,58-/m0/s1. The molecule has 3 atom stereocenters. The van der Waals surface area contributed by atoms with Crippen molar-refractivity contribution in [3.05, 3.63) is 0 Å². The molecule has 0 aliphatic rings. The molecule has 0 fully saturated rings. The van der Waals surface area contributed by atoms with Crippen LogP contribution in [0.25, 0.3) is 0 Å². The second-order valence-electron chi connectivity index (χ2n) is 21.9. The van der Waals surface area contributed by atoms with Crippen LogP contribution in [0, 0.1) is 17.8 Å². The highest BCUT2D eigenvalue weighted by molar-refractivity contribution is 5.71. The summed E-state index contributed by atoms with van der Waals surface area (Å²) in [6.07, 6.45) is 55.1. The molecule has 0 radical (unpaired) electrons. The van der Waals surface area contributed by atoms with Crippen molar-refractivity contribution in [1.29, 1.82) is 0 Å². The Balaban J connectivity index is 4.31. The van der Waals surface area contributed by atoms with E-state index in [1.165, 1.54) is 218 Å². The smallest absolute Gasteiger partial charge is 0.306 e. The average Bonchev–Trinajstić information content (AvgIpc) is 3.31. The Morgan fingerprint density at radius 3 is 0.776 bits per heavy atom. The highest BCUT2D eigenvalue weighted by atomic mass is 16.6. The molecule has 0 spiro atoms. The molecule has 0 aromatic heterocycles. The molecule has 2 unspecified atom stereocenters. The van der Waals surface area contributed by atoms with E-state index in [1.54, 1.807) is 0 Å². The molecule has 0 aromatic carbocycles. The number of esters is 3. The van der Waals surface area contributed by atoms with Crippen LogP contribution in [0.3, 0.4) is 0 Å². The number of ether oxygens (including phenoxy) is 3. The zero-order valence-electron chi connectivity index (χ0n) is 46.2. The van der Waals surface area contributed by atoms with Gasteiger partial charge in [-0.1, -0.05) is 298 Å². The van der Waals surface area contributed by atoms with Crippen molar-refractivity contribution in [1.82, 2.24) is 0 Å². The molecule has 0 rings (SSSR count). The summed E-state index contributed by atoms with van der Waals surface area (Å²) in [7, 11) is 0. The molecule has 0 heterocycles. The molecule has 6 nitrogen and oxygen atoms in total. The summed E-state index contributed by atoms with van der Waals surface area (Å²) in [6, 6.07) is 0. The van der Waals surface area contributed by atoms with Gasteiger partial charge in [0.2, 0.25) is 0 Å². The number of carbonyl (C=O) groups is 3. The van der Waals surface area contributed by atoms with E-state index in [4.69, 9.17) is 14.2 Å². The van der Waals surface area contributed by atoms with Gasteiger partial charge in [0.1, 0.15) is 13.2 Å². The highest BCUT2D eigenvalue weighted by Crippen LogP contribution is 2.19. The third-order valence-electron chi connectivity index (χ3n) is 14.6. The first kappa shape index (κ1) is 65.4. The van der Waals surface area contributed by atoms with Gasteiger partial charge in [0.15, 0.2) is 6.10 Å². The third-order valence-corrected chi connectivity index (χ3v) is 14.6. The van der Waals surface area contributed by atoms with E-state index in [2.05, 4.69) is 41.5 Å². The minimum Gasteiger partial charge on any atom is -0.462 e. The van der Waals surface area contributed by atoms with Crippen LogP contribution >= 0.6 is 0 Å². The lowest BCUT2D eigenvalue weighted by atomic mass is 9.99. The third kappa shape index (κ3) is 52.1. The zero-order chi connectivity index (χ0) is 49.1. The summed E-state index contributed by atoms with van der Waals surface area (Å²) in [5.41, 5.74) is 0. The molecule has 0 saturated carbocycles. The second-order valence-corrected chi connectivity index (χ2v) is 21.9. The van der Waals surface area contributed by atoms with Crippen LogP contribution in [0.4, 0.5) is 0 Å². The number of unbranched alkanes of at least 4 members (excludes halogenated alkanes) is 35. The van der Waals surface area contributed by atoms with E-state index in [1.807, 2.05) is 0 Å². The largest absolute Gasteiger partial charge is 0.462 e. The van der Waals surface area contributed by atoms with Crippen molar-refractivity contribution in [3.8, 4) is 0 Å². The van der Waals surface area contributed by atoms with Crippen molar-refractivity contribution < 1.29 is 28.6 Å². The van der Waals surface area contributed by atoms with Crippen LogP contribution in [0.2, 0.25) is 0 Å². The minimum atomic E-state index is -0.764. The fourth-order valence-electron chi connectivity index (χ4n) is 9.29. The van der Waals surface area contributed by atoms with E-state index in [-0.39, 0.29) is 31.1 Å². The van der Waals surface area contributed by atoms with E-state index in [9.17, 15) is 14.4 Å². The van der Waals surface area contributed by atoms with Gasteiger partial charge < -0.3 is 14.2 Å². The van der Waals surface area contributed by atoms with Crippen molar-refractivity contribution in [2.75, 3.05) is 13.2 Å². The van der Waals surface area contributed by atoms with Gasteiger partial charge in [0.05, 0.1) is 0 Å². The van der Waals surface area contributed by atoms with Gasteiger partial charge in [-0.25, -0.2) is 0 Å². The molecular weight excluding hydrogens is 829 g/mol. The maximum atomic E-state index is 12.9. The summed E-state index contributed by atoms with van der Waals surface area (Å²) in [4.78, 5) is 38.2. The van der Waals surface area contributed by atoms with Crippen molar-refractivity contribution in [3.63, 3.8) is 0 Å². The molecule has 0 saturated heterocycles. The zero-order valence-corrected chi connectivity index (χ0v) is 46.2. The minimum absolute atomic E-state index is 0.0633. The first-order valence-corrected chi connectivity index (χ1v) is 30.2. The molecule has 67 heavy (non-hydrogen) atoms. The molecule has 0 bridgehead atoms. The monoisotopic (exact) mass is 947 g/mol. The quantitative estimate of drug-likeness (QED) is 0.0343. The summed E-state index contributed by atoms with van der Waals surface area (Å²) in [5, 5.41) is 0. The predicted molar refractivity (Wildman–Crippen MR) is 289 cm³/mol. The lowest BCUT2D eigenvalue weighted by molar-refractivity contribution is -0.167. The predicted octanol–water partition coefficient (Wildman–Crippen LogP) is 19.9. The fourth-order valence-corrected chi connectivity index (χ4v) is 9.29. The van der Waals surface area contributed by atoms with Crippen molar-refractivity contribution in [2.24, 2.45) is 17.8 Å². The van der Waals surface area contributed by atoms with Crippen LogP contribution in [-0.2, 0) is 28.6 Å². The SMILES string of the molecule is CCC(C)CCCCCCCCCCCCCCCCC(=O)O[C@@H](COC(=O)CCCCCCCCCCCCCCCCC(C)C)COC(=O)CCCCCCCCCCCCC(C)CC. The lowest BCUT2D eigenvalue weighted by Gasteiger charge is -2.18. The number of hydrogen-bond donors (Lipinski definition) is 0. The molecule has 0 amide bonds. The Morgan fingerprint density at radius 2 is 0.522 bits per heavy atom. The van der Waals surface area contributed by atoms with Gasteiger partial charge in [-0.15, -0.1) is 0 Å². The number of carbonyl (C=O) groups excluding carboxylic acids is 3. The molecule has 398 valence electrons. The van der Waals surface area contributed by atoms with Crippen LogP contribution in [0.15, 0.2) is 0 Å². The summed E-state index contributed by atoms with van der Waals surface area (Å²) < 4.78 is 16.9. The molecule has 0 aliphatic carbocycles. The molecule has 6 heteroatoms. The maximum Gasteiger partial charge on any atom is 0.306 e. The second kappa shape index (κ2) is 52.2. The van der Waals surface area contributed by atoms with Crippen molar-refractivity contribution in [2.45, 2.75) is 343 Å². The van der Waals surface area contributed by atoms with E-state index >= 15 is 0 Å². The molecule has 0 N–H and O–H groups in total.